The standard InChI is InChI=1S/C23H24Cl3N3O3/c1-15-9-16(24)6-8-21(15)30-12-18-3-2-4-23(31-18)32-22(11-29-14-27-13-28-29)19-7-5-17(25)10-20(19)26/h5-10,13-14,18,22-23H,2-4,11-12H2,1H3. The van der Waals surface area contributed by atoms with E-state index in [1.54, 1.807) is 23.1 Å². The molecular formula is C23H24Cl3N3O3. The monoisotopic (exact) mass is 495 g/mol. The highest BCUT2D eigenvalue weighted by atomic mass is 35.5. The molecule has 1 aromatic heterocycles. The number of benzene rings is 2. The molecule has 170 valence electrons. The smallest absolute Gasteiger partial charge is 0.159 e. The van der Waals surface area contributed by atoms with Gasteiger partial charge in [-0.2, -0.15) is 5.10 Å². The Kier molecular flexibility index (Phi) is 7.92. The highest BCUT2D eigenvalue weighted by Gasteiger charge is 2.28. The third-order valence-corrected chi connectivity index (χ3v) is 6.11. The summed E-state index contributed by atoms with van der Waals surface area (Å²) in [7, 11) is 0. The van der Waals surface area contributed by atoms with Crippen LogP contribution in [0.25, 0.3) is 0 Å². The number of hydrogen-bond donors (Lipinski definition) is 0. The van der Waals surface area contributed by atoms with Crippen LogP contribution in [0.5, 0.6) is 5.75 Å². The van der Waals surface area contributed by atoms with E-state index >= 15 is 0 Å². The predicted octanol–water partition coefficient (Wildman–Crippen LogP) is 6.28. The van der Waals surface area contributed by atoms with Crippen molar-refractivity contribution < 1.29 is 14.2 Å². The van der Waals surface area contributed by atoms with Crippen LogP contribution >= 0.6 is 34.8 Å². The first-order chi connectivity index (χ1) is 15.5. The maximum Gasteiger partial charge on any atom is 0.159 e. The molecule has 32 heavy (non-hydrogen) atoms. The summed E-state index contributed by atoms with van der Waals surface area (Å²) in [5, 5.41) is 6.00. The highest BCUT2D eigenvalue weighted by molar-refractivity contribution is 6.35. The van der Waals surface area contributed by atoms with Gasteiger partial charge in [0.25, 0.3) is 0 Å². The van der Waals surface area contributed by atoms with Crippen LogP contribution in [-0.4, -0.2) is 33.8 Å². The van der Waals surface area contributed by atoms with E-state index in [0.29, 0.717) is 28.2 Å². The molecule has 1 fully saturated rings. The van der Waals surface area contributed by atoms with E-state index in [1.807, 2.05) is 31.2 Å². The molecule has 9 heteroatoms. The number of aryl methyl sites for hydroxylation is 1. The lowest BCUT2D eigenvalue weighted by molar-refractivity contribution is -0.223. The number of nitrogens with zero attached hydrogens (tertiary/aromatic N) is 3. The second kappa shape index (κ2) is 10.9. The number of aromatic nitrogens is 3. The molecule has 6 nitrogen and oxygen atoms in total. The second-order valence-electron chi connectivity index (χ2n) is 7.75. The van der Waals surface area contributed by atoms with Gasteiger partial charge < -0.3 is 14.2 Å². The van der Waals surface area contributed by atoms with Gasteiger partial charge in [-0.3, -0.25) is 4.68 Å². The summed E-state index contributed by atoms with van der Waals surface area (Å²) in [6, 6.07) is 11.0. The van der Waals surface area contributed by atoms with Crippen molar-refractivity contribution in [3.05, 3.63) is 75.2 Å². The van der Waals surface area contributed by atoms with E-state index in [2.05, 4.69) is 10.1 Å². The molecule has 1 aliphatic rings. The summed E-state index contributed by atoms with van der Waals surface area (Å²) >= 11 is 18.6. The van der Waals surface area contributed by atoms with E-state index in [0.717, 1.165) is 36.1 Å². The predicted molar refractivity (Wildman–Crippen MR) is 125 cm³/mol. The molecule has 0 spiro atoms. The quantitative estimate of drug-likeness (QED) is 0.367. The highest BCUT2D eigenvalue weighted by Crippen LogP contribution is 2.33. The molecule has 3 aromatic rings. The largest absolute Gasteiger partial charge is 0.491 e. The van der Waals surface area contributed by atoms with Gasteiger partial charge in [-0.05, 0) is 62.1 Å². The van der Waals surface area contributed by atoms with E-state index in [-0.39, 0.29) is 18.5 Å². The van der Waals surface area contributed by atoms with Crippen LogP contribution in [0.15, 0.2) is 49.1 Å². The lowest BCUT2D eigenvalue weighted by atomic mass is 10.1. The number of hydrogen-bond acceptors (Lipinski definition) is 5. The van der Waals surface area contributed by atoms with Gasteiger partial charge in [0.15, 0.2) is 6.29 Å². The maximum atomic E-state index is 6.47. The maximum absolute atomic E-state index is 6.47. The van der Waals surface area contributed by atoms with Crippen LogP contribution in [0, 0.1) is 6.92 Å². The lowest BCUT2D eigenvalue weighted by Crippen LogP contribution is -2.35. The van der Waals surface area contributed by atoms with Crippen molar-refractivity contribution in [3.8, 4) is 5.75 Å². The van der Waals surface area contributed by atoms with Gasteiger partial charge in [0.05, 0.1) is 12.6 Å². The second-order valence-corrected chi connectivity index (χ2v) is 9.03. The Morgan fingerprint density at radius 1 is 1.12 bits per heavy atom. The molecule has 3 atom stereocenters. The summed E-state index contributed by atoms with van der Waals surface area (Å²) in [5.74, 6) is 0.804. The van der Waals surface area contributed by atoms with Crippen molar-refractivity contribution in [2.75, 3.05) is 6.61 Å². The lowest BCUT2D eigenvalue weighted by Gasteiger charge is -2.33. The topological polar surface area (TPSA) is 58.4 Å². The first kappa shape index (κ1) is 23.3. The van der Waals surface area contributed by atoms with Crippen molar-refractivity contribution in [1.82, 2.24) is 14.8 Å². The van der Waals surface area contributed by atoms with Crippen LogP contribution in [0.1, 0.15) is 36.5 Å². The molecule has 0 N–H and O–H groups in total. The van der Waals surface area contributed by atoms with Crippen LogP contribution in [0.3, 0.4) is 0 Å². The third kappa shape index (κ3) is 6.15. The first-order valence-electron chi connectivity index (χ1n) is 10.4. The molecule has 0 saturated carbocycles. The van der Waals surface area contributed by atoms with E-state index < -0.39 is 0 Å². The summed E-state index contributed by atoms with van der Waals surface area (Å²) in [4.78, 5) is 4.02. The summed E-state index contributed by atoms with van der Waals surface area (Å²) in [6.45, 7) is 2.86. The first-order valence-corrected chi connectivity index (χ1v) is 11.6. The molecule has 0 aliphatic carbocycles. The van der Waals surface area contributed by atoms with Gasteiger partial charge in [-0.15, -0.1) is 0 Å². The molecule has 1 saturated heterocycles. The van der Waals surface area contributed by atoms with Crippen LogP contribution in [0.2, 0.25) is 15.1 Å². The van der Waals surface area contributed by atoms with Crippen molar-refractivity contribution in [2.45, 2.75) is 51.2 Å². The van der Waals surface area contributed by atoms with Crippen LogP contribution in [0.4, 0.5) is 0 Å². The third-order valence-electron chi connectivity index (χ3n) is 5.32. The zero-order valence-corrected chi connectivity index (χ0v) is 19.9. The van der Waals surface area contributed by atoms with Gasteiger partial charge in [0.1, 0.15) is 31.1 Å². The Balaban J connectivity index is 1.42. The minimum absolute atomic E-state index is 0.0727. The normalized spacial score (nSPS) is 19.6. The minimum Gasteiger partial charge on any atom is -0.491 e. The zero-order chi connectivity index (χ0) is 22.5. The Bertz CT molecular complexity index is 1030. The van der Waals surface area contributed by atoms with Crippen molar-refractivity contribution >= 4 is 34.8 Å². The minimum atomic E-state index is -0.385. The Morgan fingerprint density at radius 2 is 1.94 bits per heavy atom. The van der Waals surface area contributed by atoms with Gasteiger partial charge in [0, 0.05) is 20.6 Å². The number of halogens is 3. The van der Waals surface area contributed by atoms with Crippen LogP contribution < -0.4 is 4.74 Å². The molecule has 1 aliphatic heterocycles. The molecular weight excluding hydrogens is 473 g/mol. The molecule has 0 radical (unpaired) electrons. The van der Waals surface area contributed by atoms with Crippen molar-refractivity contribution in [2.24, 2.45) is 0 Å². The zero-order valence-electron chi connectivity index (χ0n) is 17.6. The average molecular weight is 497 g/mol. The van der Waals surface area contributed by atoms with Gasteiger partial charge in [-0.1, -0.05) is 40.9 Å². The van der Waals surface area contributed by atoms with Gasteiger partial charge in [-0.25, -0.2) is 4.98 Å². The summed E-state index contributed by atoms with van der Waals surface area (Å²) in [5.41, 5.74) is 1.82. The van der Waals surface area contributed by atoms with Crippen molar-refractivity contribution in [3.63, 3.8) is 0 Å². The van der Waals surface area contributed by atoms with Crippen molar-refractivity contribution in [1.29, 1.82) is 0 Å². The fourth-order valence-electron chi connectivity index (χ4n) is 3.70. The van der Waals surface area contributed by atoms with E-state index in [4.69, 9.17) is 49.0 Å². The summed E-state index contributed by atoms with van der Waals surface area (Å²) in [6.07, 6.45) is 4.97. The number of rotatable bonds is 8. The molecule has 0 bridgehead atoms. The molecule has 4 rings (SSSR count). The van der Waals surface area contributed by atoms with Gasteiger partial charge >= 0.3 is 0 Å². The Morgan fingerprint density at radius 3 is 2.69 bits per heavy atom. The average Bonchev–Trinajstić information content (AvgIpc) is 3.26. The summed E-state index contributed by atoms with van der Waals surface area (Å²) < 4.78 is 20.3. The van der Waals surface area contributed by atoms with Crippen LogP contribution in [-0.2, 0) is 16.0 Å². The SMILES string of the molecule is Cc1cc(Cl)ccc1OCC1CCCC(OC(Cn2cncn2)c2ccc(Cl)cc2Cl)O1. The number of ether oxygens (including phenoxy) is 3. The Hall–Kier alpha value is -1.83. The molecule has 2 aromatic carbocycles. The van der Waals surface area contributed by atoms with Gasteiger partial charge in [0.2, 0.25) is 0 Å². The molecule has 2 heterocycles. The fraction of sp³-hybridized carbons (Fsp3) is 0.391. The molecule has 0 amide bonds. The Labute approximate surface area is 202 Å². The fourth-order valence-corrected chi connectivity index (χ4v) is 4.46. The van der Waals surface area contributed by atoms with E-state index in [1.165, 1.54) is 6.33 Å². The molecule has 3 unspecified atom stereocenters. The van der Waals surface area contributed by atoms with E-state index in [9.17, 15) is 0 Å².